The van der Waals surface area contributed by atoms with E-state index in [9.17, 15) is 9.59 Å². The molecule has 120 valence electrons. The maximum atomic E-state index is 12.0. The van der Waals surface area contributed by atoms with Gasteiger partial charge in [-0.15, -0.1) is 0 Å². The Morgan fingerprint density at radius 3 is 2.22 bits per heavy atom. The lowest BCUT2D eigenvalue weighted by Crippen LogP contribution is -2.29. The van der Waals surface area contributed by atoms with E-state index in [0.29, 0.717) is 10.8 Å². The van der Waals surface area contributed by atoms with Crippen molar-refractivity contribution in [3.05, 3.63) is 35.6 Å². The van der Waals surface area contributed by atoms with Gasteiger partial charge < -0.3 is 14.8 Å². The van der Waals surface area contributed by atoms with Crippen LogP contribution in [0, 0.1) is 0 Å². The number of carbonyl (C=O) groups excluding carboxylic acids is 2. The number of aromatic nitrogens is 2. The van der Waals surface area contributed by atoms with E-state index in [1.165, 1.54) is 38.7 Å². The smallest absolute Gasteiger partial charge is 0.316 e. The van der Waals surface area contributed by atoms with Crippen molar-refractivity contribution in [2.24, 2.45) is 0 Å². The highest BCUT2D eigenvalue weighted by molar-refractivity contribution is 6.43. The molecule has 0 bridgehead atoms. The van der Waals surface area contributed by atoms with E-state index < -0.39 is 11.8 Å². The van der Waals surface area contributed by atoms with Crippen molar-refractivity contribution in [2.75, 3.05) is 24.9 Å². The molecule has 0 aliphatic rings. The number of hydrogen-bond donors (Lipinski definition) is 2. The predicted molar refractivity (Wildman–Crippen MR) is 83.8 cm³/mol. The summed E-state index contributed by atoms with van der Waals surface area (Å²) in [5, 5.41) is 4.99. The van der Waals surface area contributed by atoms with Gasteiger partial charge in [-0.25, -0.2) is 9.97 Å². The van der Waals surface area contributed by atoms with Crippen LogP contribution in [0.1, 0.15) is 0 Å². The van der Waals surface area contributed by atoms with Crippen LogP contribution in [-0.4, -0.2) is 36.0 Å². The first-order chi connectivity index (χ1) is 11.0. The molecule has 0 spiro atoms. The van der Waals surface area contributed by atoms with Crippen LogP contribution >= 0.6 is 11.6 Å². The highest BCUT2D eigenvalue weighted by Crippen LogP contribution is 2.35. The van der Waals surface area contributed by atoms with Gasteiger partial charge in [0.15, 0.2) is 0 Å². The van der Waals surface area contributed by atoms with Crippen LogP contribution in [-0.2, 0) is 9.59 Å². The molecule has 2 N–H and O–H groups in total. The largest absolute Gasteiger partial charge is 0.495 e. The molecule has 0 unspecified atom stereocenters. The lowest BCUT2D eigenvalue weighted by atomic mass is 10.2. The van der Waals surface area contributed by atoms with Gasteiger partial charge in [0.2, 0.25) is 5.95 Å². The van der Waals surface area contributed by atoms with E-state index in [-0.39, 0.29) is 17.4 Å². The molecule has 2 aromatic rings. The minimum Gasteiger partial charge on any atom is -0.495 e. The number of nitrogens with zero attached hydrogens (tertiary/aromatic N) is 2. The van der Waals surface area contributed by atoms with Gasteiger partial charge in [-0.1, -0.05) is 11.6 Å². The fraction of sp³-hybridized carbons (Fsp3) is 0.143. The molecule has 1 heterocycles. The van der Waals surface area contributed by atoms with Crippen LogP contribution in [0.15, 0.2) is 30.6 Å². The van der Waals surface area contributed by atoms with E-state index >= 15 is 0 Å². The minimum absolute atomic E-state index is 0.0216. The average molecular weight is 337 g/mol. The third kappa shape index (κ3) is 4.07. The molecule has 9 heteroatoms. The zero-order valence-corrected chi connectivity index (χ0v) is 13.0. The maximum absolute atomic E-state index is 12.0. The van der Waals surface area contributed by atoms with Crippen LogP contribution in [0.25, 0.3) is 0 Å². The molecule has 1 aromatic carbocycles. The van der Waals surface area contributed by atoms with Crippen molar-refractivity contribution in [2.45, 2.75) is 0 Å². The van der Waals surface area contributed by atoms with Gasteiger partial charge in [-0.2, -0.15) is 0 Å². The molecule has 8 nitrogen and oxygen atoms in total. The second-order valence-corrected chi connectivity index (χ2v) is 4.57. The number of carbonyl (C=O) groups is 2. The monoisotopic (exact) mass is 336 g/mol. The Kier molecular flexibility index (Phi) is 5.32. The fourth-order valence-electron chi connectivity index (χ4n) is 1.66. The number of halogens is 1. The molecular weight excluding hydrogens is 324 g/mol. The van der Waals surface area contributed by atoms with Crippen LogP contribution < -0.4 is 20.1 Å². The Bertz CT molecular complexity index is 724. The van der Waals surface area contributed by atoms with Crippen molar-refractivity contribution in [1.82, 2.24) is 9.97 Å². The maximum Gasteiger partial charge on any atom is 0.316 e. The summed E-state index contributed by atoms with van der Waals surface area (Å²) >= 11 is 5.97. The van der Waals surface area contributed by atoms with Gasteiger partial charge in [0.05, 0.1) is 24.9 Å². The van der Waals surface area contributed by atoms with Crippen LogP contribution in [0.2, 0.25) is 5.02 Å². The molecule has 23 heavy (non-hydrogen) atoms. The summed E-state index contributed by atoms with van der Waals surface area (Å²) in [4.78, 5) is 31.4. The van der Waals surface area contributed by atoms with Crippen molar-refractivity contribution in [3.8, 4) is 11.5 Å². The Morgan fingerprint density at radius 1 is 1.00 bits per heavy atom. The molecule has 0 saturated carbocycles. The number of amides is 2. The van der Waals surface area contributed by atoms with E-state index in [4.69, 9.17) is 21.1 Å². The number of anilines is 2. The van der Waals surface area contributed by atoms with Gasteiger partial charge >= 0.3 is 11.8 Å². The van der Waals surface area contributed by atoms with Crippen LogP contribution in [0.5, 0.6) is 11.5 Å². The zero-order valence-electron chi connectivity index (χ0n) is 12.3. The Balaban J connectivity index is 2.14. The van der Waals surface area contributed by atoms with E-state index in [1.54, 1.807) is 6.07 Å². The second-order valence-electron chi connectivity index (χ2n) is 4.17. The molecule has 0 atom stereocenters. The highest BCUT2D eigenvalue weighted by atomic mass is 35.5. The zero-order chi connectivity index (χ0) is 16.8. The van der Waals surface area contributed by atoms with Gasteiger partial charge in [-0.05, 0) is 6.07 Å². The van der Waals surface area contributed by atoms with E-state index in [1.807, 2.05) is 0 Å². The first kappa shape index (κ1) is 16.5. The molecule has 0 aliphatic heterocycles. The van der Waals surface area contributed by atoms with Crippen molar-refractivity contribution < 1.29 is 19.1 Å². The van der Waals surface area contributed by atoms with E-state index in [0.717, 1.165) is 0 Å². The van der Waals surface area contributed by atoms with Gasteiger partial charge in [0.1, 0.15) is 11.5 Å². The molecule has 0 fully saturated rings. The van der Waals surface area contributed by atoms with Crippen LogP contribution in [0.4, 0.5) is 11.6 Å². The summed E-state index contributed by atoms with van der Waals surface area (Å²) in [7, 11) is 2.84. The summed E-state index contributed by atoms with van der Waals surface area (Å²) in [6, 6.07) is 4.50. The number of benzene rings is 1. The lowest BCUT2D eigenvalue weighted by Gasteiger charge is -2.12. The fourth-order valence-corrected chi connectivity index (χ4v) is 1.89. The Morgan fingerprint density at radius 2 is 1.61 bits per heavy atom. The summed E-state index contributed by atoms with van der Waals surface area (Å²) in [6.07, 6.45) is 2.88. The van der Waals surface area contributed by atoms with Gasteiger partial charge in [0.25, 0.3) is 0 Å². The molecular formula is C14H13ClN4O4. The first-order valence-electron chi connectivity index (χ1n) is 6.36. The lowest BCUT2D eigenvalue weighted by molar-refractivity contribution is -0.133. The number of rotatable bonds is 4. The third-order valence-corrected chi connectivity index (χ3v) is 3.01. The third-order valence-electron chi connectivity index (χ3n) is 2.72. The number of nitrogens with one attached hydrogen (secondary N) is 2. The normalized spacial score (nSPS) is 9.87. The Labute approximate surface area is 136 Å². The van der Waals surface area contributed by atoms with Crippen LogP contribution in [0.3, 0.4) is 0 Å². The van der Waals surface area contributed by atoms with Crippen molar-refractivity contribution >= 4 is 35.1 Å². The summed E-state index contributed by atoms with van der Waals surface area (Å²) < 4.78 is 10.2. The Hall–Kier alpha value is -2.87. The molecule has 2 amide bonds. The highest BCUT2D eigenvalue weighted by Gasteiger charge is 2.18. The molecule has 2 rings (SSSR count). The molecule has 0 aliphatic carbocycles. The summed E-state index contributed by atoms with van der Waals surface area (Å²) in [5.41, 5.74) is 0.239. The topological polar surface area (TPSA) is 102 Å². The van der Waals surface area contributed by atoms with Crippen molar-refractivity contribution in [1.29, 1.82) is 0 Å². The predicted octanol–water partition coefficient (Wildman–Crippen LogP) is 1.72. The standard InChI is InChI=1S/C14H13ClN4O4/c1-22-10-7-9(11(23-2)6-8(10)15)18-12(20)13(21)19-14-16-4-3-5-17-14/h3-7H,1-2H3,(H,18,20)(H,16,17,19,21). The molecule has 1 aromatic heterocycles. The van der Waals surface area contributed by atoms with Gasteiger partial charge in [-0.3, -0.25) is 14.9 Å². The van der Waals surface area contributed by atoms with E-state index in [2.05, 4.69) is 20.6 Å². The number of methoxy groups -OCH3 is 2. The molecule has 0 saturated heterocycles. The first-order valence-corrected chi connectivity index (χ1v) is 6.73. The quantitative estimate of drug-likeness (QED) is 0.824. The number of hydrogen-bond acceptors (Lipinski definition) is 6. The summed E-state index contributed by atoms with van der Waals surface area (Å²) in [6.45, 7) is 0. The minimum atomic E-state index is -0.924. The van der Waals surface area contributed by atoms with Gasteiger partial charge in [0, 0.05) is 24.5 Å². The summed E-state index contributed by atoms with van der Waals surface area (Å²) in [5.74, 6) is -1.21. The SMILES string of the molecule is COc1cc(NC(=O)C(=O)Nc2ncccn2)c(OC)cc1Cl. The molecule has 0 radical (unpaired) electrons. The van der Waals surface area contributed by atoms with Crippen molar-refractivity contribution in [3.63, 3.8) is 0 Å². The average Bonchev–Trinajstić information content (AvgIpc) is 2.56. The second kappa shape index (κ2) is 7.41. The number of ether oxygens (including phenoxy) is 2.